The maximum atomic E-state index is 13.9. The standard InChI is InChI=1S/C32H31ClN4O2/c1-22-34-27-18-21-36(28-13-7-6-12-26(28)29(27)35-22)30(38)23-14-16-25(17-15-23)37(33)31(39)32(19-8-3-9-20-32)24-10-4-2-5-11-24/h2,4-7,10-17H,3,8-9,18-21H2,1H3,(H,34,35). The summed E-state index contributed by atoms with van der Waals surface area (Å²) in [5, 5.41) is 0. The molecule has 2 aliphatic rings. The molecule has 198 valence electrons. The lowest BCUT2D eigenvalue weighted by atomic mass is 9.68. The number of aromatic nitrogens is 2. The summed E-state index contributed by atoms with van der Waals surface area (Å²) in [7, 11) is 0. The van der Waals surface area contributed by atoms with E-state index in [9.17, 15) is 9.59 Å². The number of benzene rings is 3. The van der Waals surface area contributed by atoms with Gasteiger partial charge in [0.15, 0.2) is 0 Å². The number of rotatable bonds is 4. The van der Waals surface area contributed by atoms with Crippen molar-refractivity contribution in [1.82, 2.24) is 9.97 Å². The molecule has 0 atom stereocenters. The van der Waals surface area contributed by atoms with E-state index in [1.807, 2.05) is 66.4 Å². The van der Waals surface area contributed by atoms with Crippen LogP contribution in [-0.4, -0.2) is 28.3 Å². The minimum absolute atomic E-state index is 0.101. The number of anilines is 2. The molecule has 1 aliphatic heterocycles. The Labute approximate surface area is 233 Å². The summed E-state index contributed by atoms with van der Waals surface area (Å²) in [6.45, 7) is 2.47. The molecule has 2 amide bonds. The Morgan fingerprint density at radius 3 is 2.36 bits per heavy atom. The molecule has 0 spiro atoms. The molecule has 1 aliphatic carbocycles. The van der Waals surface area contributed by atoms with E-state index < -0.39 is 5.41 Å². The molecule has 4 aromatic rings. The minimum atomic E-state index is -0.631. The second-order valence-corrected chi connectivity index (χ2v) is 10.8. The lowest BCUT2D eigenvalue weighted by Crippen LogP contribution is -2.45. The number of imidazole rings is 1. The smallest absolute Gasteiger partial charge is 0.258 e. The molecule has 0 radical (unpaired) electrons. The Kier molecular flexibility index (Phi) is 6.73. The fourth-order valence-electron chi connectivity index (χ4n) is 6.15. The number of hydrogen-bond donors (Lipinski definition) is 1. The largest absolute Gasteiger partial charge is 0.342 e. The molecule has 1 aromatic heterocycles. The van der Waals surface area contributed by atoms with Crippen molar-refractivity contribution in [1.29, 1.82) is 0 Å². The summed E-state index contributed by atoms with van der Waals surface area (Å²) in [6, 6.07) is 24.9. The zero-order valence-corrected chi connectivity index (χ0v) is 22.7. The Bertz CT molecular complexity index is 1510. The molecule has 1 N–H and O–H groups in total. The highest BCUT2D eigenvalue weighted by Gasteiger charge is 2.43. The first-order valence-electron chi connectivity index (χ1n) is 13.6. The Hall–Kier alpha value is -3.90. The zero-order chi connectivity index (χ0) is 27.0. The average Bonchev–Trinajstić information content (AvgIpc) is 3.30. The van der Waals surface area contributed by atoms with E-state index in [1.54, 1.807) is 24.3 Å². The van der Waals surface area contributed by atoms with Crippen molar-refractivity contribution in [3.8, 4) is 11.3 Å². The van der Waals surface area contributed by atoms with Crippen molar-refractivity contribution in [2.75, 3.05) is 15.9 Å². The molecule has 0 saturated heterocycles. The first kappa shape index (κ1) is 25.4. The second-order valence-electron chi connectivity index (χ2n) is 10.5. The number of nitrogens with one attached hydrogen (secondary N) is 1. The van der Waals surface area contributed by atoms with Gasteiger partial charge in [0.1, 0.15) is 5.82 Å². The molecule has 0 bridgehead atoms. The van der Waals surface area contributed by atoms with Crippen LogP contribution in [0.15, 0.2) is 78.9 Å². The van der Waals surface area contributed by atoms with Gasteiger partial charge in [-0.1, -0.05) is 67.8 Å². The van der Waals surface area contributed by atoms with E-state index in [-0.39, 0.29) is 11.8 Å². The predicted molar refractivity (Wildman–Crippen MR) is 155 cm³/mol. The minimum Gasteiger partial charge on any atom is -0.342 e. The number of H-pyrrole nitrogens is 1. The third kappa shape index (κ3) is 4.53. The van der Waals surface area contributed by atoms with Crippen molar-refractivity contribution >= 4 is 35.0 Å². The fourth-order valence-corrected chi connectivity index (χ4v) is 6.42. The number of aryl methyl sites for hydroxylation is 1. The van der Waals surface area contributed by atoms with Crippen LogP contribution in [0.5, 0.6) is 0 Å². The summed E-state index contributed by atoms with van der Waals surface area (Å²) in [6.07, 6.45) is 5.33. The van der Waals surface area contributed by atoms with Crippen molar-refractivity contribution < 1.29 is 9.59 Å². The van der Waals surface area contributed by atoms with Crippen LogP contribution >= 0.6 is 11.8 Å². The van der Waals surface area contributed by atoms with Crippen molar-refractivity contribution in [2.24, 2.45) is 0 Å². The molecule has 1 fully saturated rings. The van der Waals surface area contributed by atoms with Crippen LogP contribution in [-0.2, 0) is 16.6 Å². The molecule has 7 heteroatoms. The van der Waals surface area contributed by atoms with Gasteiger partial charge in [-0.25, -0.2) is 9.40 Å². The van der Waals surface area contributed by atoms with Crippen molar-refractivity contribution in [3.63, 3.8) is 0 Å². The molecule has 1 saturated carbocycles. The van der Waals surface area contributed by atoms with E-state index in [0.717, 1.165) is 66.1 Å². The van der Waals surface area contributed by atoms with Crippen LogP contribution in [0.2, 0.25) is 0 Å². The van der Waals surface area contributed by atoms with Gasteiger partial charge in [0.05, 0.1) is 28.2 Å². The number of para-hydroxylation sites is 1. The van der Waals surface area contributed by atoms with Gasteiger partial charge >= 0.3 is 0 Å². The van der Waals surface area contributed by atoms with Crippen LogP contribution in [0.1, 0.15) is 59.5 Å². The number of amides is 2. The first-order valence-corrected chi connectivity index (χ1v) is 13.9. The van der Waals surface area contributed by atoms with Gasteiger partial charge in [-0.2, -0.15) is 0 Å². The maximum absolute atomic E-state index is 13.9. The Morgan fingerprint density at radius 1 is 0.923 bits per heavy atom. The third-order valence-electron chi connectivity index (χ3n) is 8.14. The summed E-state index contributed by atoms with van der Waals surface area (Å²) in [4.78, 5) is 37.4. The highest BCUT2D eigenvalue weighted by Crippen LogP contribution is 2.42. The SMILES string of the molecule is Cc1nc2c([nH]1)-c1ccccc1N(C(=O)c1ccc(N(Cl)C(=O)C3(c4ccccc4)CCCCC3)cc1)CC2. The number of aromatic amines is 1. The third-order valence-corrected chi connectivity index (χ3v) is 8.49. The van der Waals surface area contributed by atoms with Crippen molar-refractivity contribution in [2.45, 2.75) is 50.9 Å². The number of halogens is 1. The monoisotopic (exact) mass is 538 g/mol. The lowest BCUT2D eigenvalue weighted by Gasteiger charge is -2.38. The average molecular weight is 539 g/mol. The van der Waals surface area contributed by atoms with E-state index in [1.165, 1.54) is 4.42 Å². The second kappa shape index (κ2) is 10.3. The van der Waals surface area contributed by atoms with Gasteiger partial charge in [-0.3, -0.25) is 9.59 Å². The van der Waals surface area contributed by atoms with E-state index in [0.29, 0.717) is 24.2 Å². The summed E-state index contributed by atoms with van der Waals surface area (Å²) in [5.41, 5.74) is 5.24. The number of hydrogen-bond acceptors (Lipinski definition) is 3. The molecule has 2 heterocycles. The molecule has 6 nitrogen and oxygen atoms in total. The topological polar surface area (TPSA) is 69.3 Å². The van der Waals surface area contributed by atoms with Gasteiger partial charge in [-0.05, 0) is 55.7 Å². The molecule has 6 rings (SSSR count). The zero-order valence-electron chi connectivity index (χ0n) is 22.0. The van der Waals surface area contributed by atoms with Gasteiger partial charge in [-0.15, -0.1) is 0 Å². The summed E-state index contributed by atoms with van der Waals surface area (Å²) < 4.78 is 1.24. The van der Waals surface area contributed by atoms with Crippen LogP contribution in [0.3, 0.4) is 0 Å². The molecule has 0 unspecified atom stereocenters. The van der Waals surface area contributed by atoms with Crippen LogP contribution in [0, 0.1) is 6.92 Å². The quantitative estimate of drug-likeness (QED) is 0.285. The molecular weight excluding hydrogens is 508 g/mol. The van der Waals surface area contributed by atoms with E-state index in [4.69, 9.17) is 11.8 Å². The molecule has 39 heavy (non-hydrogen) atoms. The maximum Gasteiger partial charge on any atom is 0.258 e. The Balaban J connectivity index is 1.26. The van der Waals surface area contributed by atoms with Gasteiger partial charge in [0.2, 0.25) is 0 Å². The van der Waals surface area contributed by atoms with Crippen LogP contribution in [0.4, 0.5) is 11.4 Å². The van der Waals surface area contributed by atoms with E-state index >= 15 is 0 Å². The fraction of sp³-hybridized carbons (Fsp3) is 0.281. The van der Waals surface area contributed by atoms with Gasteiger partial charge in [0, 0.05) is 35.9 Å². The van der Waals surface area contributed by atoms with Gasteiger partial charge < -0.3 is 9.88 Å². The summed E-state index contributed by atoms with van der Waals surface area (Å²) >= 11 is 6.73. The lowest BCUT2D eigenvalue weighted by molar-refractivity contribution is -0.124. The number of fused-ring (bicyclic) bond motifs is 3. The highest BCUT2D eigenvalue weighted by molar-refractivity contribution is 6.38. The predicted octanol–water partition coefficient (Wildman–Crippen LogP) is 6.98. The van der Waals surface area contributed by atoms with Crippen molar-refractivity contribution in [3.05, 3.63) is 102 Å². The molecular formula is C32H31ClN4O2. The van der Waals surface area contributed by atoms with Crippen LogP contribution in [0.25, 0.3) is 11.3 Å². The number of nitrogens with zero attached hydrogens (tertiary/aromatic N) is 3. The first-order chi connectivity index (χ1) is 19.0. The van der Waals surface area contributed by atoms with Gasteiger partial charge in [0.25, 0.3) is 11.8 Å². The Morgan fingerprint density at radius 2 is 1.62 bits per heavy atom. The van der Waals surface area contributed by atoms with E-state index in [2.05, 4.69) is 9.97 Å². The molecule has 3 aromatic carbocycles. The number of carbonyl (C=O) groups excluding carboxylic acids is 2. The number of carbonyl (C=O) groups is 2. The highest BCUT2D eigenvalue weighted by atomic mass is 35.5. The summed E-state index contributed by atoms with van der Waals surface area (Å²) in [5.74, 6) is 0.656. The van der Waals surface area contributed by atoms with Crippen LogP contribution < -0.4 is 9.32 Å². The normalized spacial score (nSPS) is 16.1.